The largest absolute Gasteiger partial charge is 0.392 e. The number of aromatic nitrogens is 2. The van der Waals surface area contributed by atoms with Gasteiger partial charge < -0.3 is 5.73 Å². The van der Waals surface area contributed by atoms with E-state index >= 15 is 0 Å². The van der Waals surface area contributed by atoms with Gasteiger partial charge in [-0.05, 0) is 6.07 Å². The van der Waals surface area contributed by atoms with Crippen LogP contribution in [0.1, 0.15) is 0 Å². The summed E-state index contributed by atoms with van der Waals surface area (Å²) in [5, 5.41) is 3.82. The molecule has 0 aliphatic carbocycles. The Bertz CT molecular complexity index is 436. The summed E-state index contributed by atoms with van der Waals surface area (Å²) in [5.74, 6) is 0. The summed E-state index contributed by atoms with van der Waals surface area (Å²) in [4.78, 5) is 0.0933. The Morgan fingerprint density at radius 2 is 2.43 bits per heavy atom. The summed E-state index contributed by atoms with van der Waals surface area (Å²) >= 11 is 4.55. The first-order valence-electron chi connectivity index (χ1n) is 3.69. The highest BCUT2D eigenvalue weighted by atomic mass is 32.2. The minimum Gasteiger partial charge on any atom is -0.392 e. The number of aryl methyl sites for hydroxylation is 1. The first-order valence-corrected chi connectivity index (χ1v) is 5.58. The number of nitrogens with zero attached hydrogens (tertiary/aromatic N) is 2. The first kappa shape index (κ1) is 11.1. The maximum Gasteiger partial charge on any atom is 0.258 e. The molecule has 0 saturated heterocycles. The summed E-state index contributed by atoms with van der Waals surface area (Å²) in [5.41, 5.74) is 5.17. The molecule has 0 unspecified atom stereocenters. The minimum atomic E-state index is -3.56. The summed E-state index contributed by atoms with van der Waals surface area (Å²) in [6.07, 6.45) is 1.40. The lowest BCUT2D eigenvalue weighted by Gasteiger charge is -2.05. The predicted octanol–water partition coefficient (Wildman–Crippen LogP) is -1.02. The van der Waals surface area contributed by atoms with Gasteiger partial charge in [0.1, 0.15) is 0 Å². The van der Waals surface area contributed by atoms with Gasteiger partial charge in [-0.3, -0.25) is 4.68 Å². The van der Waals surface area contributed by atoms with E-state index in [2.05, 4.69) is 22.0 Å². The molecule has 0 spiro atoms. The Morgan fingerprint density at radius 3 is 2.86 bits per heavy atom. The molecule has 1 aromatic heterocycles. The second kappa shape index (κ2) is 4.03. The number of sulfonamides is 1. The van der Waals surface area contributed by atoms with E-state index in [1.54, 1.807) is 0 Å². The van der Waals surface area contributed by atoms with E-state index in [0.29, 0.717) is 0 Å². The molecule has 3 N–H and O–H groups in total. The topological polar surface area (TPSA) is 90.0 Å². The molecule has 0 atom stereocenters. The minimum absolute atomic E-state index is 0.0527. The average Bonchev–Trinajstić information content (AvgIpc) is 2.48. The number of nitrogens with one attached hydrogen (secondary N) is 1. The monoisotopic (exact) mass is 234 g/mol. The van der Waals surface area contributed by atoms with Crippen LogP contribution in [0, 0.1) is 0 Å². The van der Waals surface area contributed by atoms with Crippen molar-refractivity contribution < 1.29 is 8.42 Å². The van der Waals surface area contributed by atoms with Crippen molar-refractivity contribution in [2.75, 3.05) is 6.54 Å². The van der Waals surface area contributed by atoms with Crippen molar-refractivity contribution in [1.82, 2.24) is 14.5 Å². The van der Waals surface area contributed by atoms with Crippen molar-refractivity contribution in [3.8, 4) is 0 Å². The second-order valence-corrected chi connectivity index (χ2v) is 4.82. The summed E-state index contributed by atoms with van der Waals surface area (Å²) < 4.78 is 26.6. The van der Waals surface area contributed by atoms with Crippen molar-refractivity contribution in [2.24, 2.45) is 12.8 Å². The Hall–Kier alpha value is -0.990. The van der Waals surface area contributed by atoms with E-state index < -0.39 is 10.0 Å². The molecule has 6 nitrogen and oxygen atoms in total. The smallest absolute Gasteiger partial charge is 0.258 e. The first-order chi connectivity index (χ1) is 6.43. The Balaban J connectivity index is 2.87. The molecular weight excluding hydrogens is 224 g/mol. The van der Waals surface area contributed by atoms with Gasteiger partial charge in [0.25, 0.3) is 10.0 Å². The lowest BCUT2D eigenvalue weighted by Crippen LogP contribution is -2.33. The van der Waals surface area contributed by atoms with Crippen molar-refractivity contribution in [1.29, 1.82) is 0 Å². The fourth-order valence-electron chi connectivity index (χ4n) is 0.865. The fraction of sp³-hybridized carbons (Fsp3) is 0.333. The Labute approximate surface area is 87.1 Å². The summed E-state index contributed by atoms with van der Waals surface area (Å²) in [6.45, 7) is -0.0527. The molecule has 8 heteroatoms. The zero-order valence-corrected chi connectivity index (χ0v) is 9.10. The van der Waals surface area contributed by atoms with Crippen LogP contribution in [0.3, 0.4) is 0 Å². The SMILES string of the molecule is Cn1nccc1S(=O)(=O)NCC(N)=S. The molecule has 0 radical (unpaired) electrons. The Morgan fingerprint density at radius 1 is 1.79 bits per heavy atom. The number of hydrogen-bond acceptors (Lipinski definition) is 4. The number of nitrogens with two attached hydrogens (primary N) is 1. The van der Waals surface area contributed by atoms with E-state index in [9.17, 15) is 8.42 Å². The quantitative estimate of drug-likeness (QED) is 0.651. The van der Waals surface area contributed by atoms with Gasteiger partial charge in [-0.15, -0.1) is 0 Å². The van der Waals surface area contributed by atoms with Gasteiger partial charge in [0, 0.05) is 7.05 Å². The molecule has 0 bridgehead atoms. The van der Waals surface area contributed by atoms with Gasteiger partial charge >= 0.3 is 0 Å². The molecular formula is C6H10N4O2S2. The lowest BCUT2D eigenvalue weighted by atomic mass is 10.7. The van der Waals surface area contributed by atoms with Crippen LogP contribution in [-0.4, -0.2) is 29.7 Å². The standard InChI is InChI=1S/C6H10N4O2S2/c1-10-6(2-3-8-10)14(11,12)9-4-5(7)13/h2-3,9H,4H2,1H3,(H2,7,13). The summed E-state index contributed by atoms with van der Waals surface area (Å²) in [6, 6.07) is 1.39. The normalized spacial score (nSPS) is 11.5. The second-order valence-electron chi connectivity index (χ2n) is 2.58. The van der Waals surface area contributed by atoms with Gasteiger partial charge in [0.05, 0.1) is 17.7 Å². The zero-order chi connectivity index (χ0) is 10.8. The van der Waals surface area contributed by atoms with Crippen LogP contribution in [0.2, 0.25) is 0 Å². The van der Waals surface area contributed by atoms with E-state index in [0.717, 1.165) is 0 Å². The highest BCUT2D eigenvalue weighted by Gasteiger charge is 2.17. The van der Waals surface area contributed by atoms with E-state index in [1.807, 2.05) is 0 Å². The van der Waals surface area contributed by atoms with Crippen molar-refractivity contribution in [2.45, 2.75) is 5.03 Å². The maximum atomic E-state index is 11.5. The van der Waals surface area contributed by atoms with Gasteiger partial charge in [-0.25, -0.2) is 13.1 Å². The highest BCUT2D eigenvalue weighted by molar-refractivity contribution is 7.89. The molecule has 0 amide bonds. The van der Waals surface area contributed by atoms with Crippen molar-refractivity contribution in [3.63, 3.8) is 0 Å². The fourth-order valence-corrected chi connectivity index (χ4v) is 2.16. The van der Waals surface area contributed by atoms with Crippen LogP contribution in [-0.2, 0) is 17.1 Å². The van der Waals surface area contributed by atoms with Gasteiger partial charge in [0.2, 0.25) is 0 Å². The van der Waals surface area contributed by atoms with Crippen LogP contribution in [0.5, 0.6) is 0 Å². The number of thiocarbonyl (C=S) groups is 1. The Kier molecular flexibility index (Phi) is 3.19. The third-order valence-corrected chi connectivity index (χ3v) is 3.11. The van der Waals surface area contributed by atoms with Crippen LogP contribution in [0.4, 0.5) is 0 Å². The van der Waals surface area contributed by atoms with E-state index in [4.69, 9.17) is 5.73 Å². The van der Waals surface area contributed by atoms with Crippen LogP contribution >= 0.6 is 12.2 Å². The molecule has 0 aliphatic heterocycles. The van der Waals surface area contributed by atoms with Crippen LogP contribution < -0.4 is 10.5 Å². The van der Waals surface area contributed by atoms with Crippen molar-refractivity contribution >= 4 is 27.2 Å². The molecule has 1 heterocycles. The number of hydrogen-bond donors (Lipinski definition) is 2. The molecule has 1 rings (SSSR count). The van der Waals surface area contributed by atoms with Crippen LogP contribution in [0.15, 0.2) is 17.3 Å². The number of rotatable bonds is 4. The van der Waals surface area contributed by atoms with Crippen molar-refractivity contribution in [3.05, 3.63) is 12.3 Å². The summed E-state index contributed by atoms with van der Waals surface area (Å²) in [7, 11) is -2.02. The molecule has 0 aromatic carbocycles. The van der Waals surface area contributed by atoms with Crippen LogP contribution in [0.25, 0.3) is 0 Å². The lowest BCUT2D eigenvalue weighted by molar-refractivity contribution is 0.567. The van der Waals surface area contributed by atoms with E-state index in [1.165, 1.54) is 24.0 Å². The third-order valence-electron chi connectivity index (χ3n) is 1.49. The van der Waals surface area contributed by atoms with E-state index in [-0.39, 0.29) is 16.6 Å². The maximum absolute atomic E-state index is 11.5. The third kappa shape index (κ3) is 2.50. The van der Waals surface area contributed by atoms with Gasteiger partial charge in [-0.1, -0.05) is 12.2 Å². The highest BCUT2D eigenvalue weighted by Crippen LogP contribution is 2.04. The average molecular weight is 234 g/mol. The zero-order valence-electron chi connectivity index (χ0n) is 7.47. The molecule has 14 heavy (non-hydrogen) atoms. The molecule has 0 aliphatic rings. The molecule has 0 saturated carbocycles. The predicted molar refractivity (Wildman–Crippen MR) is 55.2 cm³/mol. The van der Waals surface area contributed by atoms with Gasteiger partial charge in [-0.2, -0.15) is 5.10 Å². The van der Waals surface area contributed by atoms with Gasteiger partial charge in [0.15, 0.2) is 5.03 Å². The molecule has 1 aromatic rings. The molecule has 0 fully saturated rings. The molecule has 78 valence electrons.